The minimum Gasteiger partial charge on any atom is -0.394 e. The van der Waals surface area contributed by atoms with Crippen LogP contribution in [0, 0.1) is 0 Å². The first-order valence-corrected chi connectivity index (χ1v) is 6.30. The van der Waals surface area contributed by atoms with Gasteiger partial charge in [0, 0.05) is 0 Å². The SMILES string of the molecule is OCc1nnn(CC(O)CO)c1/C=C/c1ccccc1. The van der Waals surface area contributed by atoms with E-state index in [1.807, 2.05) is 36.4 Å². The Morgan fingerprint density at radius 2 is 1.90 bits per heavy atom. The van der Waals surface area contributed by atoms with Crippen LogP contribution in [0.15, 0.2) is 30.3 Å². The molecule has 0 aliphatic rings. The van der Waals surface area contributed by atoms with Gasteiger partial charge in [-0.05, 0) is 11.6 Å². The first-order valence-electron chi connectivity index (χ1n) is 6.30. The lowest BCUT2D eigenvalue weighted by Gasteiger charge is -2.08. The standard InChI is InChI=1S/C14H17N3O3/c18-9-12(20)8-17-14(13(10-19)15-16-17)7-6-11-4-2-1-3-5-11/h1-7,12,18-20H,8-10H2/b7-6+. The zero-order valence-corrected chi connectivity index (χ0v) is 10.9. The molecule has 0 saturated heterocycles. The monoisotopic (exact) mass is 275 g/mol. The molecule has 20 heavy (non-hydrogen) atoms. The van der Waals surface area contributed by atoms with Gasteiger partial charge in [-0.3, -0.25) is 0 Å². The van der Waals surface area contributed by atoms with Crippen LogP contribution >= 0.6 is 0 Å². The van der Waals surface area contributed by atoms with Crippen molar-refractivity contribution in [2.45, 2.75) is 19.3 Å². The predicted octanol–water partition coefficient (Wildman–Crippen LogP) is 0.294. The number of hydrogen-bond donors (Lipinski definition) is 3. The molecule has 6 nitrogen and oxygen atoms in total. The fourth-order valence-electron chi connectivity index (χ4n) is 1.78. The average Bonchev–Trinajstić information content (AvgIpc) is 2.88. The molecule has 0 amide bonds. The molecule has 0 aliphatic carbocycles. The fraction of sp³-hybridized carbons (Fsp3) is 0.286. The molecule has 0 saturated carbocycles. The van der Waals surface area contributed by atoms with Gasteiger partial charge in [0.2, 0.25) is 0 Å². The Labute approximate surface area is 116 Å². The molecular formula is C14H17N3O3. The fourth-order valence-corrected chi connectivity index (χ4v) is 1.78. The van der Waals surface area contributed by atoms with E-state index in [1.165, 1.54) is 4.68 Å². The van der Waals surface area contributed by atoms with Crippen molar-refractivity contribution in [3.8, 4) is 0 Å². The van der Waals surface area contributed by atoms with Crippen LogP contribution in [0.25, 0.3) is 12.2 Å². The largest absolute Gasteiger partial charge is 0.394 e. The molecule has 0 aliphatic heterocycles. The minimum atomic E-state index is -0.910. The molecule has 106 valence electrons. The minimum absolute atomic E-state index is 0.123. The summed E-state index contributed by atoms with van der Waals surface area (Å²) in [6.07, 6.45) is 2.75. The Morgan fingerprint density at radius 1 is 1.15 bits per heavy atom. The van der Waals surface area contributed by atoms with Gasteiger partial charge in [-0.2, -0.15) is 0 Å². The van der Waals surface area contributed by atoms with E-state index in [9.17, 15) is 10.2 Å². The summed E-state index contributed by atoms with van der Waals surface area (Å²) in [5, 5.41) is 35.3. The molecule has 1 aromatic heterocycles. The third-order valence-corrected chi connectivity index (χ3v) is 2.82. The van der Waals surface area contributed by atoms with Crippen molar-refractivity contribution in [3.63, 3.8) is 0 Å². The van der Waals surface area contributed by atoms with Gasteiger partial charge in [0.05, 0.1) is 31.6 Å². The van der Waals surface area contributed by atoms with Gasteiger partial charge in [-0.1, -0.05) is 41.6 Å². The number of rotatable bonds is 6. The molecule has 6 heteroatoms. The summed E-state index contributed by atoms with van der Waals surface area (Å²) in [5.74, 6) is 0. The smallest absolute Gasteiger partial charge is 0.115 e. The molecule has 1 heterocycles. The highest BCUT2D eigenvalue weighted by atomic mass is 16.3. The zero-order valence-electron chi connectivity index (χ0n) is 10.9. The maximum absolute atomic E-state index is 9.48. The van der Waals surface area contributed by atoms with Gasteiger partial charge in [-0.25, -0.2) is 4.68 Å². The summed E-state index contributed by atoms with van der Waals surface area (Å²) in [6, 6.07) is 9.69. The maximum atomic E-state index is 9.48. The number of aliphatic hydroxyl groups is 3. The van der Waals surface area contributed by atoms with E-state index >= 15 is 0 Å². The molecular weight excluding hydrogens is 258 g/mol. The van der Waals surface area contributed by atoms with Crippen molar-refractivity contribution < 1.29 is 15.3 Å². The topological polar surface area (TPSA) is 91.4 Å². The second-order valence-electron chi connectivity index (χ2n) is 4.34. The van der Waals surface area contributed by atoms with Crippen LogP contribution in [0.1, 0.15) is 17.0 Å². The Bertz CT molecular complexity index is 566. The number of aliphatic hydroxyl groups excluding tert-OH is 3. The second kappa shape index (κ2) is 6.95. The Balaban J connectivity index is 2.24. The molecule has 0 radical (unpaired) electrons. The van der Waals surface area contributed by atoms with Crippen LogP contribution in [0.4, 0.5) is 0 Å². The van der Waals surface area contributed by atoms with Gasteiger partial charge in [0.1, 0.15) is 5.69 Å². The Morgan fingerprint density at radius 3 is 2.55 bits per heavy atom. The molecule has 1 unspecified atom stereocenters. The lowest BCUT2D eigenvalue weighted by atomic mass is 10.2. The highest BCUT2D eigenvalue weighted by Gasteiger charge is 2.12. The highest BCUT2D eigenvalue weighted by Crippen LogP contribution is 2.12. The van der Waals surface area contributed by atoms with Crippen LogP contribution in [-0.2, 0) is 13.2 Å². The molecule has 2 aromatic rings. The summed E-state index contributed by atoms with van der Waals surface area (Å²) in [6.45, 7) is -0.461. The zero-order chi connectivity index (χ0) is 14.4. The summed E-state index contributed by atoms with van der Waals surface area (Å²) in [5.41, 5.74) is 2.05. The van der Waals surface area contributed by atoms with Crippen LogP contribution in [0.2, 0.25) is 0 Å². The van der Waals surface area contributed by atoms with Gasteiger partial charge >= 0.3 is 0 Å². The molecule has 0 spiro atoms. The Hall–Kier alpha value is -2.02. The molecule has 0 bridgehead atoms. The number of nitrogens with zero attached hydrogens (tertiary/aromatic N) is 3. The van der Waals surface area contributed by atoms with Crippen LogP contribution < -0.4 is 0 Å². The maximum Gasteiger partial charge on any atom is 0.115 e. The number of aromatic nitrogens is 3. The van der Waals surface area contributed by atoms with Crippen molar-refractivity contribution in [2.24, 2.45) is 0 Å². The normalized spacial score (nSPS) is 12.9. The van der Waals surface area contributed by atoms with Gasteiger partial charge in [0.15, 0.2) is 0 Å². The third-order valence-electron chi connectivity index (χ3n) is 2.82. The summed E-state index contributed by atoms with van der Waals surface area (Å²) in [7, 11) is 0. The van der Waals surface area contributed by atoms with Gasteiger partial charge < -0.3 is 15.3 Å². The molecule has 0 fully saturated rings. The molecule has 2 rings (SSSR count). The van der Waals surface area contributed by atoms with Crippen molar-refractivity contribution in [1.82, 2.24) is 15.0 Å². The van der Waals surface area contributed by atoms with E-state index in [0.29, 0.717) is 11.4 Å². The van der Waals surface area contributed by atoms with Crippen molar-refractivity contribution in [3.05, 3.63) is 47.3 Å². The highest BCUT2D eigenvalue weighted by molar-refractivity contribution is 5.68. The molecule has 3 N–H and O–H groups in total. The van der Waals surface area contributed by atoms with Crippen LogP contribution in [0.3, 0.4) is 0 Å². The van der Waals surface area contributed by atoms with Gasteiger partial charge in [0.25, 0.3) is 0 Å². The number of benzene rings is 1. The lowest BCUT2D eigenvalue weighted by Crippen LogP contribution is -2.21. The van der Waals surface area contributed by atoms with E-state index in [2.05, 4.69) is 10.3 Å². The quantitative estimate of drug-likeness (QED) is 0.705. The van der Waals surface area contributed by atoms with Crippen LogP contribution in [-0.4, -0.2) is 43.0 Å². The van der Waals surface area contributed by atoms with Gasteiger partial charge in [-0.15, -0.1) is 5.10 Å². The average molecular weight is 275 g/mol. The number of hydrogen-bond acceptors (Lipinski definition) is 5. The van der Waals surface area contributed by atoms with E-state index < -0.39 is 6.10 Å². The van der Waals surface area contributed by atoms with Crippen molar-refractivity contribution in [2.75, 3.05) is 6.61 Å². The van der Waals surface area contributed by atoms with E-state index in [-0.39, 0.29) is 19.8 Å². The third kappa shape index (κ3) is 3.51. The molecule has 1 aromatic carbocycles. The lowest BCUT2D eigenvalue weighted by molar-refractivity contribution is 0.0776. The first kappa shape index (κ1) is 14.4. The van der Waals surface area contributed by atoms with Crippen molar-refractivity contribution >= 4 is 12.2 Å². The summed E-state index contributed by atoms with van der Waals surface area (Å²) in [4.78, 5) is 0. The van der Waals surface area contributed by atoms with E-state index in [0.717, 1.165) is 5.56 Å². The van der Waals surface area contributed by atoms with E-state index in [4.69, 9.17) is 5.11 Å². The van der Waals surface area contributed by atoms with E-state index in [1.54, 1.807) is 6.08 Å². The predicted molar refractivity (Wildman–Crippen MR) is 74.4 cm³/mol. The summed E-state index contributed by atoms with van der Waals surface area (Å²) >= 11 is 0. The Kier molecular flexibility index (Phi) is 5.00. The second-order valence-corrected chi connectivity index (χ2v) is 4.34. The van der Waals surface area contributed by atoms with Crippen LogP contribution in [0.5, 0.6) is 0 Å². The summed E-state index contributed by atoms with van der Waals surface area (Å²) < 4.78 is 1.46. The molecule has 1 atom stereocenters. The first-order chi connectivity index (χ1) is 9.74. The van der Waals surface area contributed by atoms with Crippen molar-refractivity contribution in [1.29, 1.82) is 0 Å².